The van der Waals surface area contributed by atoms with E-state index in [0.717, 1.165) is 49.7 Å². The van der Waals surface area contributed by atoms with Crippen LogP contribution in [0.25, 0.3) is 0 Å². The lowest BCUT2D eigenvalue weighted by Gasteiger charge is -2.43. The standard InChI is InChI=1S/C26H41N3O4S/c1-6-7-8-15-27-23(30)22(19-12-9-11-18(2)16-19)29(20-13-10-14-20)24(31)21(17-34)28-25(32)33-26(3,4)5/h9,11-12,16,20-22,34H,6-8,10,13-15,17H2,1-5H3,(H,27,30)(H,28,32). The van der Waals surface area contributed by atoms with Crippen molar-refractivity contribution in [1.29, 1.82) is 0 Å². The number of nitrogens with one attached hydrogen (secondary N) is 2. The summed E-state index contributed by atoms with van der Waals surface area (Å²) in [6.07, 6.45) is 4.94. The molecule has 1 aliphatic carbocycles. The number of carbonyl (C=O) groups is 3. The molecule has 2 unspecified atom stereocenters. The molecule has 2 N–H and O–H groups in total. The average molecular weight is 492 g/mol. The van der Waals surface area contributed by atoms with Gasteiger partial charge in [-0.3, -0.25) is 9.59 Å². The van der Waals surface area contributed by atoms with E-state index in [2.05, 4.69) is 30.2 Å². The lowest BCUT2D eigenvalue weighted by atomic mass is 9.88. The van der Waals surface area contributed by atoms with Gasteiger partial charge in [-0.2, -0.15) is 12.6 Å². The van der Waals surface area contributed by atoms with Gasteiger partial charge < -0.3 is 20.3 Å². The van der Waals surface area contributed by atoms with E-state index in [4.69, 9.17) is 4.74 Å². The zero-order valence-electron chi connectivity index (χ0n) is 21.2. The highest BCUT2D eigenvalue weighted by Crippen LogP contribution is 2.34. The minimum atomic E-state index is -0.904. The Hall–Kier alpha value is -2.22. The van der Waals surface area contributed by atoms with E-state index in [-0.39, 0.29) is 23.6 Å². The van der Waals surface area contributed by atoms with Gasteiger partial charge in [0.1, 0.15) is 17.7 Å². The number of nitrogens with zero attached hydrogens (tertiary/aromatic N) is 1. The second-order valence-corrected chi connectivity index (χ2v) is 10.4. The van der Waals surface area contributed by atoms with Gasteiger partial charge in [0, 0.05) is 18.3 Å². The van der Waals surface area contributed by atoms with Crippen molar-refractivity contribution in [2.24, 2.45) is 0 Å². The van der Waals surface area contributed by atoms with Crippen LogP contribution in [0.1, 0.15) is 83.4 Å². The summed E-state index contributed by atoms with van der Waals surface area (Å²) in [6.45, 7) is 9.94. The Morgan fingerprint density at radius 2 is 1.91 bits per heavy atom. The summed E-state index contributed by atoms with van der Waals surface area (Å²) in [6, 6.07) is 5.96. The number of unbranched alkanes of at least 4 members (excludes halogenated alkanes) is 2. The summed E-state index contributed by atoms with van der Waals surface area (Å²) in [5.41, 5.74) is 1.09. The highest BCUT2D eigenvalue weighted by molar-refractivity contribution is 7.80. The number of benzene rings is 1. The van der Waals surface area contributed by atoms with E-state index in [0.29, 0.717) is 6.54 Å². The molecule has 2 atom stereocenters. The Morgan fingerprint density at radius 1 is 1.21 bits per heavy atom. The zero-order valence-corrected chi connectivity index (χ0v) is 22.1. The maximum Gasteiger partial charge on any atom is 0.408 e. The van der Waals surface area contributed by atoms with Gasteiger partial charge in [0.15, 0.2) is 0 Å². The fraction of sp³-hybridized carbons (Fsp3) is 0.654. The topological polar surface area (TPSA) is 87.7 Å². The van der Waals surface area contributed by atoms with Crippen LogP contribution in [0.2, 0.25) is 0 Å². The molecule has 2 rings (SSSR count). The van der Waals surface area contributed by atoms with Gasteiger partial charge in [0.25, 0.3) is 0 Å². The van der Waals surface area contributed by atoms with Crippen LogP contribution in [0.5, 0.6) is 0 Å². The third-order valence-electron chi connectivity index (χ3n) is 5.86. The molecule has 190 valence electrons. The summed E-state index contributed by atoms with van der Waals surface area (Å²) >= 11 is 4.34. The molecule has 7 nitrogen and oxygen atoms in total. The second-order valence-electron chi connectivity index (χ2n) is 10.0. The molecule has 0 heterocycles. The van der Waals surface area contributed by atoms with Crippen molar-refractivity contribution in [2.75, 3.05) is 12.3 Å². The van der Waals surface area contributed by atoms with Gasteiger partial charge in [-0.1, -0.05) is 49.6 Å². The number of alkyl carbamates (subject to hydrolysis) is 1. The van der Waals surface area contributed by atoms with Crippen molar-refractivity contribution in [3.63, 3.8) is 0 Å². The Labute approximate surface area is 209 Å². The smallest absolute Gasteiger partial charge is 0.408 e. The van der Waals surface area contributed by atoms with Crippen LogP contribution in [0.3, 0.4) is 0 Å². The van der Waals surface area contributed by atoms with Crippen molar-refractivity contribution >= 4 is 30.5 Å². The molecule has 1 fully saturated rings. The van der Waals surface area contributed by atoms with Crippen LogP contribution in [-0.4, -0.2) is 52.8 Å². The first-order chi connectivity index (χ1) is 16.1. The molecule has 0 radical (unpaired) electrons. The molecular formula is C26H41N3O4S. The third-order valence-corrected chi connectivity index (χ3v) is 6.22. The van der Waals surface area contributed by atoms with Gasteiger partial charge >= 0.3 is 6.09 Å². The van der Waals surface area contributed by atoms with E-state index in [1.807, 2.05) is 31.2 Å². The van der Waals surface area contributed by atoms with E-state index in [1.54, 1.807) is 25.7 Å². The molecule has 1 aliphatic rings. The van der Waals surface area contributed by atoms with Gasteiger partial charge in [-0.15, -0.1) is 0 Å². The molecule has 0 saturated heterocycles. The van der Waals surface area contributed by atoms with Gasteiger partial charge in [0.2, 0.25) is 11.8 Å². The Morgan fingerprint density at radius 3 is 2.44 bits per heavy atom. The van der Waals surface area contributed by atoms with E-state index in [1.165, 1.54) is 0 Å². The van der Waals surface area contributed by atoms with Crippen LogP contribution in [-0.2, 0) is 14.3 Å². The highest BCUT2D eigenvalue weighted by Gasteiger charge is 2.41. The lowest BCUT2D eigenvalue weighted by Crippen LogP contribution is -2.58. The number of thiol groups is 1. The normalized spacial score (nSPS) is 15.6. The molecule has 1 aromatic rings. The fourth-order valence-electron chi connectivity index (χ4n) is 3.96. The Kier molecular flexibility index (Phi) is 10.7. The number of rotatable bonds is 11. The van der Waals surface area contributed by atoms with Gasteiger partial charge in [0.05, 0.1) is 0 Å². The minimum absolute atomic E-state index is 0.0674. The van der Waals surface area contributed by atoms with Crippen LogP contribution >= 0.6 is 12.6 Å². The van der Waals surface area contributed by atoms with Crippen molar-refractivity contribution in [3.8, 4) is 0 Å². The minimum Gasteiger partial charge on any atom is -0.444 e. The summed E-state index contributed by atoms with van der Waals surface area (Å²) in [5.74, 6) is -0.419. The quantitative estimate of drug-likeness (QED) is 0.313. The summed E-state index contributed by atoms with van der Waals surface area (Å²) in [7, 11) is 0. The number of hydrogen-bond donors (Lipinski definition) is 3. The molecule has 34 heavy (non-hydrogen) atoms. The molecule has 0 aromatic heterocycles. The molecule has 0 aliphatic heterocycles. The predicted octanol–water partition coefficient (Wildman–Crippen LogP) is 4.55. The van der Waals surface area contributed by atoms with Crippen LogP contribution in [0, 0.1) is 6.92 Å². The fourth-order valence-corrected chi connectivity index (χ4v) is 4.21. The maximum absolute atomic E-state index is 13.8. The molecule has 0 bridgehead atoms. The van der Waals surface area contributed by atoms with Crippen LogP contribution in [0.15, 0.2) is 24.3 Å². The number of aryl methyl sites for hydroxylation is 1. The second kappa shape index (κ2) is 13.0. The number of amides is 3. The van der Waals surface area contributed by atoms with E-state index >= 15 is 0 Å². The summed E-state index contributed by atoms with van der Waals surface area (Å²) < 4.78 is 5.35. The van der Waals surface area contributed by atoms with E-state index < -0.39 is 23.8 Å². The first-order valence-corrected chi connectivity index (χ1v) is 13.0. The molecule has 1 saturated carbocycles. The molecule has 0 spiro atoms. The molecule has 8 heteroatoms. The largest absolute Gasteiger partial charge is 0.444 e. The zero-order chi connectivity index (χ0) is 25.3. The summed E-state index contributed by atoms with van der Waals surface area (Å²) in [5, 5.41) is 5.70. The number of carbonyl (C=O) groups excluding carboxylic acids is 3. The van der Waals surface area contributed by atoms with Gasteiger partial charge in [-0.25, -0.2) is 4.79 Å². The van der Waals surface area contributed by atoms with Crippen LogP contribution in [0.4, 0.5) is 4.79 Å². The predicted molar refractivity (Wildman–Crippen MR) is 138 cm³/mol. The number of ether oxygens (including phenoxy) is 1. The lowest BCUT2D eigenvalue weighted by molar-refractivity contribution is -0.147. The SMILES string of the molecule is CCCCCNC(=O)C(c1cccc(C)c1)N(C(=O)C(CS)NC(=O)OC(C)(C)C)C1CCC1. The molecule has 3 amide bonds. The first kappa shape index (κ1) is 28.0. The Bertz CT molecular complexity index is 836. The van der Waals surface area contributed by atoms with Gasteiger partial charge in [-0.05, 0) is 58.9 Å². The van der Waals surface area contributed by atoms with Crippen molar-refractivity contribution in [3.05, 3.63) is 35.4 Å². The van der Waals surface area contributed by atoms with Crippen molar-refractivity contribution < 1.29 is 19.1 Å². The maximum atomic E-state index is 13.8. The molecular weight excluding hydrogens is 450 g/mol. The highest BCUT2D eigenvalue weighted by atomic mass is 32.1. The summed E-state index contributed by atoms with van der Waals surface area (Å²) in [4.78, 5) is 41.4. The first-order valence-electron chi connectivity index (χ1n) is 12.3. The van der Waals surface area contributed by atoms with Crippen molar-refractivity contribution in [1.82, 2.24) is 15.5 Å². The Balaban J connectivity index is 2.35. The monoisotopic (exact) mass is 491 g/mol. The third kappa shape index (κ3) is 8.22. The van der Waals surface area contributed by atoms with Crippen LogP contribution < -0.4 is 10.6 Å². The number of hydrogen-bond acceptors (Lipinski definition) is 5. The molecule has 1 aromatic carbocycles. The van der Waals surface area contributed by atoms with Crippen molar-refractivity contribution in [2.45, 2.75) is 96.9 Å². The average Bonchev–Trinajstić information content (AvgIpc) is 2.71. The van der Waals surface area contributed by atoms with E-state index in [9.17, 15) is 14.4 Å².